The van der Waals surface area contributed by atoms with Crippen molar-refractivity contribution >= 4 is 33.0 Å². The van der Waals surface area contributed by atoms with Gasteiger partial charge in [-0.15, -0.1) is 0 Å². The Bertz CT molecular complexity index is 1990. The Morgan fingerprint density at radius 2 is 0.933 bits per heavy atom. The molecule has 0 heterocycles. The third-order valence-corrected chi connectivity index (χ3v) is 11.1. The third kappa shape index (κ3) is 4.05. The van der Waals surface area contributed by atoms with Gasteiger partial charge in [0.2, 0.25) is 0 Å². The molecule has 6 aromatic rings. The minimum Gasteiger partial charge on any atom is -0.310 e. The highest BCUT2D eigenvalue weighted by atomic mass is 79.9. The van der Waals surface area contributed by atoms with Gasteiger partial charge in [0.15, 0.2) is 0 Å². The summed E-state index contributed by atoms with van der Waals surface area (Å²) in [5.74, 6) is 0.690. The zero-order valence-corrected chi connectivity index (χ0v) is 26.8. The average molecular weight is 645 g/mol. The molecule has 0 amide bonds. The van der Waals surface area contributed by atoms with E-state index in [4.69, 9.17) is 0 Å². The van der Waals surface area contributed by atoms with E-state index in [2.05, 4.69) is 160 Å². The smallest absolute Gasteiger partial charge is 0.0726 e. The maximum atomic E-state index is 3.67. The maximum absolute atomic E-state index is 3.67. The zero-order chi connectivity index (χ0) is 30.0. The molecule has 6 aromatic carbocycles. The SMILES string of the molecule is Brc1ccc(N(c2ccc(C3CCCCC3)cc2)c2ccc3c(c2)C2(c4ccccc4-c4ccccc42)c2ccccc2-3)cc1. The maximum Gasteiger partial charge on any atom is 0.0726 e. The van der Waals surface area contributed by atoms with Crippen LogP contribution in [0.4, 0.5) is 17.1 Å². The van der Waals surface area contributed by atoms with Crippen LogP contribution in [0.5, 0.6) is 0 Å². The van der Waals surface area contributed by atoms with E-state index < -0.39 is 0 Å². The number of benzene rings is 6. The first-order valence-electron chi connectivity index (χ1n) is 16.3. The monoisotopic (exact) mass is 643 g/mol. The van der Waals surface area contributed by atoms with Crippen LogP contribution >= 0.6 is 15.9 Å². The normalized spacial score (nSPS) is 15.8. The summed E-state index contributed by atoms with van der Waals surface area (Å²) in [7, 11) is 0. The highest BCUT2D eigenvalue weighted by molar-refractivity contribution is 9.10. The Morgan fingerprint density at radius 3 is 1.49 bits per heavy atom. The van der Waals surface area contributed by atoms with Crippen molar-refractivity contribution in [1.82, 2.24) is 0 Å². The third-order valence-electron chi connectivity index (χ3n) is 10.6. The van der Waals surface area contributed by atoms with Gasteiger partial charge in [0.05, 0.1) is 5.41 Å². The lowest BCUT2D eigenvalue weighted by Crippen LogP contribution is -2.26. The Kier molecular flexibility index (Phi) is 6.35. The Hall–Kier alpha value is -4.40. The van der Waals surface area contributed by atoms with Crippen molar-refractivity contribution < 1.29 is 0 Å². The molecule has 0 unspecified atom stereocenters. The minimum atomic E-state index is -0.356. The van der Waals surface area contributed by atoms with Gasteiger partial charge in [-0.05, 0) is 117 Å². The standard InChI is InChI=1S/C43H34BrN/c44-31-20-24-33(25-21-31)45(32-22-18-30(19-23-32)29-10-2-1-3-11-29)34-26-27-38-37-14-6-9-17-41(37)43(42(38)28-34)39-15-7-4-12-35(39)36-13-5-8-16-40(36)43/h4-9,12-29H,1-3,10-11H2. The quantitative estimate of drug-likeness (QED) is 0.184. The Balaban J connectivity index is 1.26. The molecule has 0 atom stereocenters. The van der Waals surface area contributed by atoms with Crippen molar-refractivity contribution in [3.8, 4) is 22.3 Å². The van der Waals surface area contributed by atoms with Crippen molar-refractivity contribution in [1.29, 1.82) is 0 Å². The van der Waals surface area contributed by atoms with Gasteiger partial charge in [0.1, 0.15) is 0 Å². The van der Waals surface area contributed by atoms with Gasteiger partial charge in [-0.25, -0.2) is 0 Å². The fourth-order valence-electron chi connectivity index (χ4n) is 8.59. The topological polar surface area (TPSA) is 3.24 Å². The minimum absolute atomic E-state index is 0.356. The van der Waals surface area contributed by atoms with Crippen molar-refractivity contribution in [2.24, 2.45) is 0 Å². The molecule has 1 saturated carbocycles. The van der Waals surface area contributed by atoms with Gasteiger partial charge >= 0.3 is 0 Å². The summed E-state index contributed by atoms with van der Waals surface area (Å²) in [6, 6.07) is 52.5. The largest absolute Gasteiger partial charge is 0.310 e. The number of hydrogen-bond donors (Lipinski definition) is 0. The van der Waals surface area contributed by atoms with Gasteiger partial charge < -0.3 is 4.90 Å². The van der Waals surface area contributed by atoms with Crippen molar-refractivity contribution in [3.63, 3.8) is 0 Å². The molecule has 1 fully saturated rings. The molecule has 0 aromatic heterocycles. The summed E-state index contributed by atoms with van der Waals surface area (Å²) in [5.41, 5.74) is 15.5. The molecule has 3 aliphatic rings. The molecule has 1 nitrogen and oxygen atoms in total. The summed E-state index contributed by atoms with van der Waals surface area (Å²) in [6.45, 7) is 0. The van der Waals surface area contributed by atoms with E-state index in [1.54, 1.807) is 0 Å². The lowest BCUT2D eigenvalue weighted by atomic mass is 9.70. The van der Waals surface area contributed by atoms with Gasteiger partial charge in [-0.1, -0.05) is 126 Å². The van der Waals surface area contributed by atoms with Gasteiger partial charge in [-0.2, -0.15) is 0 Å². The number of rotatable bonds is 4. The molecule has 0 N–H and O–H groups in total. The summed E-state index contributed by atoms with van der Waals surface area (Å²) >= 11 is 3.67. The molecule has 0 saturated heterocycles. The molecule has 0 radical (unpaired) electrons. The zero-order valence-electron chi connectivity index (χ0n) is 25.2. The fraction of sp³-hybridized carbons (Fsp3) is 0.163. The number of anilines is 3. The van der Waals surface area contributed by atoms with Crippen molar-refractivity contribution in [2.75, 3.05) is 4.90 Å². The first-order chi connectivity index (χ1) is 22.2. The molecule has 2 heteroatoms. The van der Waals surface area contributed by atoms with Crippen LogP contribution in [-0.2, 0) is 5.41 Å². The van der Waals surface area contributed by atoms with E-state index in [9.17, 15) is 0 Å². The molecular weight excluding hydrogens is 610 g/mol. The number of nitrogens with zero attached hydrogens (tertiary/aromatic N) is 1. The Morgan fingerprint density at radius 1 is 0.467 bits per heavy atom. The number of halogens is 1. The highest BCUT2D eigenvalue weighted by Gasteiger charge is 2.51. The molecule has 0 bridgehead atoms. The lowest BCUT2D eigenvalue weighted by Gasteiger charge is -2.32. The van der Waals surface area contributed by atoms with E-state index in [-0.39, 0.29) is 5.41 Å². The molecular formula is C43H34BrN. The van der Waals surface area contributed by atoms with Crippen LogP contribution in [0.1, 0.15) is 65.8 Å². The second-order valence-corrected chi connectivity index (χ2v) is 13.8. The first kappa shape index (κ1) is 27.0. The Labute approximate surface area is 274 Å². The van der Waals surface area contributed by atoms with E-state index in [0.29, 0.717) is 5.92 Å². The van der Waals surface area contributed by atoms with Crippen LogP contribution < -0.4 is 4.90 Å². The molecule has 3 aliphatic carbocycles. The van der Waals surface area contributed by atoms with Crippen LogP contribution in [0.2, 0.25) is 0 Å². The van der Waals surface area contributed by atoms with Crippen LogP contribution in [0.3, 0.4) is 0 Å². The van der Waals surface area contributed by atoms with Crippen molar-refractivity contribution in [3.05, 3.63) is 172 Å². The molecule has 0 aliphatic heterocycles. The second kappa shape index (κ2) is 10.6. The molecule has 9 rings (SSSR count). The van der Waals surface area contributed by atoms with Gasteiger partial charge in [0.25, 0.3) is 0 Å². The van der Waals surface area contributed by atoms with E-state index >= 15 is 0 Å². The van der Waals surface area contributed by atoms with E-state index in [1.165, 1.54) is 93.5 Å². The number of fused-ring (bicyclic) bond motifs is 10. The van der Waals surface area contributed by atoms with Crippen LogP contribution in [0.25, 0.3) is 22.3 Å². The fourth-order valence-corrected chi connectivity index (χ4v) is 8.86. The molecule has 1 spiro atoms. The predicted octanol–water partition coefficient (Wildman–Crippen LogP) is 12.3. The van der Waals surface area contributed by atoms with Gasteiger partial charge in [-0.3, -0.25) is 0 Å². The first-order valence-corrected chi connectivity index (χ1v) is 17.1. The summed E-state index contributed by atoms with van der Waals surface area (Å²) in [6.07, 6.45) is 6.70. The second-order valence-electron chi connectivity index (χ2n) is 12.9. The average Bonchev–Trinajstić information content (AvgIpc) is 3.57. The predicted molar refractivity (Wildman–Crippen MR) is 191 cm³/mol. The summed E-state index contributed by atoms with van der Waals surface area (Å²) in [5, 5.41) is 0. The highest BCUT2D eigenvalue weighted by Crippen LogP contribution is 2.63. The molecule has 45 heavy (non-hydrogen) atoms. The summed E-state index contributed by atoms with van der Waals surface area (Å²) in [4.78, 5) is 2.43. The molecule has 218 valence electrons. The van der Waals surface area contributed by atoms with Crippen molar-refractivity contribution in [2.45, 2.75) is 43.4 Å². The summed E-state index contributed by atoms with van der Waals surface area (Å²) < 4.78 is 1.08. The van der Waals surface area contributed by atoms with E-state index in [1.807, 2.05) is 0 Å². The lowest BCUT2D eigenvalue weighted by molar-refractivity contribution is 0.443. The van der Waals surface area contributed by atoms with Crippen LogP contribution in [0.15, 0.2) is 144 Å². The van der Waals surface area contributed by atoms with Gasteiger partial charge in [0, 0.05) is 21.5 Å². The van der Waals surface area contributed by atoms with Crippen LogP contribution in [-0.4, -0.2) is 0 Å². The van der Waals surface area contributed by atoms with Crippen LogP contribution in [0, 0.1) is 0 Å². The van der Waals surface area contributed by atoms with E-state index in [0.717, 1.165) is 10.2 Å². The number of hydrogen-bond acceptors (Lipinski definition) is 1.